The van der Waals surface area contributed by atoms with Crippen LogP contribution in [-0.2, 0) is 15.0 Å². The van der Waals surface area contributed by atoms with Crippen LogP contribution in [0.3, 0.4) is 0 Å². The zero-order valence-electron chi connectivity index (χ0n) is 12.4. The lowest BCUT2D eigenvalue weighted by Gasteiger charge is -2.17. The van der Waals surface area contributed by atoms with Crippen LogP contribution < -0.4 is 13.8 Å². The van der Waals surface area contributed by atoms with E-state index in [4.69, 9.17) is 10.00 Å². The van der Waals surface area contributed by atoms with Crippen molar-refractivity contribution in [2.75, 3.05) is 17.5 Å². The summed E-state index contributed by atoms with van der Waals surface area (Å²) in [5.41, 5.74) is -1.00. The molecule has 1 aromatic carbocycles. The molecule has 1 aromatic heterocycles. The van der Waals surface area contributed by atoms with Crippen molar-refractivity contribution in [1.29, 1.82) is 5.26 Å². The number of hydrogen-bond donors (Lipinski definition) is 2. The van der Waals surface area contributed by atoms with Gasteiger partial charge in [0.1, 0.15) is 30.1 Å². The Morgan fingerprint density at radius 3 is 2.92 bits per heavy atom. The number of benzene rings is 1. The van der Waals surface area contributed by atoms with E-state index < -0.39 is 39.9 Å². The Bertz CT molecular complexity index is 1020. The molecule has 0 saturated carbocycles. The van der Waals surface area contributed by atoms with Gasteiger partial charge >= 0.3 is 16.2 Å². The van der Waals surface area contributed by atoms with Crippen molar-refractivity contribution in [1.82, 2.24) is 14.7 Å². The third kappa shape index (κ3) is 2.96. The second-order valence-corrected chi connectivity index (χ2v) is 6.54. The van der Waals surface area contributed by atoms with Gasteiger partial charge in [-0.15, -0.1) is 0 Å². The summed E-state index contributed by atoms with van der Waals surface area (Å²) in [5.74, 6) is -2.70. The van der Waals surface area contributed by atoms with Crippen LogP contribution in [0.4, 0.5) is 10.1 Å². The van der Waals surface area contributed by atoms with Crippen molar-refractivity contribution in [3.63, 3.8) is 0 Å². The molecule has 130 valence electrons. The number of aromatic nitrogens is 2. The largest absolute Gasteiger partial charge is 0.506 e. The molecule has 0 aliphatic carbocycles. The highest BCUT2D eigenvalue weighted by Crippen LogP contribution is 2.37. The monoisotopic (exact) mass is 367 g/mol. The first-order valence-electron chi connectivity index (χ1n) is 6.85. The number of phenolic OH excluding ortho intramolecular Hbond substituents is 1. The minimum atomic E-state index is -4.31. The van der Waals surface area contributed by atoms with Crippen LogP contribution in [-0.4, -0.2) is 42.6 Å². The third-order valence-corrected chi connectivity index (χ3v) is 4.64. The first-order chi connectivity index (χ1) is 11.8. The number of amides is 1. The number of phenols is 1. The van der Waals surface area contributed by atoms with E-state index in [1.165, 1.54) is 6.20 Å². The average molecular weight is 367 g/mol. The molecule has 0 atom stereocenters. The number of anilines is 1. The molecule has 2 N–H and O–H groups in total. The predicted molar refractivity (Wildman–Crippen MR) is 81.3 cm³/mol. The zero-order valence-corrected chi connectivity index (χ0v) is 13.2. The maximum absolute atomic E-state index is 14.8. The molecule has 0 unspecified atom stereocenters. The summed E-state index contributed by atoms with van der Waals surface area (Å²) in [6.07, 6.45) is 1.25. The minimum absolute atomic E-state index is 0.00646. The molecule has 12 heteroatoms. The van der Waals surface area contributed by atoms with Gasteiger partial charge in [0.25, 0.3) is 5.91 Å². The average Bonchev–Trinajstić information content (AvgIpc) is 2.81. The molecule has 0 bridgehead atoms. The highest BCUT2D eigenvalue weighted by molar-refractivity contribution is 7.92. The van der Waals surface area contributed by atoms with Gasteiger partial charge in [-0.2, -0.15) is 18.7 Å². The molecule has 0 radical (unpaired) electrons. The molecule has 1 amide bonds. The fourth-order valence-electron chi connectivity index (χ4n) is 2.24. The van der Waals surface area contributed by atoms with Gasteiger partial charge in [-0.1, -0.05) is 0 Å². The summed E-state index contributed by atoms with van der Waals surface area (Å²) in [6.45, 7) is -0.678. The Morgan fingerprint density at radius 2 is 2.28 bits per heavy atom. The van der Waals surface area contributed by atoms with Crippen molar-refractivity contribution < 1.29 is 27.4 Å². The van der Waals surface area contributed by atoms with Gasteiger partial charge in [-0.3, -0.25) is 4.79 Å². The number of nitrogens with one attached hydrogen (secondary N) is 1. The van der Waals surface area contributed by atoms with E-state index in [2.05, 4.69) is 9.97 Å². The van der Waals surface area contributed by atoms with Gasteiger partial charge in [0.15, 0.2) is 5.82 Å². The number of aromatic hydroxyl groups is 1. The lowest BCUT2D eigenvalue weighted by Crippen LogP contribution is -2.30. The maximum Gasteiger partial charge on any atom is 0.326 e. The lowest BCUT2D eigenvalue weighted by molar-refractivity contribution is -0.117. The Labute approximate surface area is 140 Å². The van der Waals surface area contributed by atoms with E-state index >= 15 is 0 Å². The summed E-state index contributed by atoms with van der Waals surface area (Å²) in [5, 5.41) is 18.6. The Kier molecular flexibility index (Phi) is 4.01. The van der Waals surface area contributed by atoms with Crippen LogP contribution >= 0.6 is 0 Å². The van der Waals surface area contributed by atoms with Crippen LogP contribution in [0.1, 0.15) is 6.42 Å². The van der Waals surface area contributed by atoms with E-state index in [9.17, 15) is 22.7 Å². The van der Waals surface area contributed by atoms with Crippen molar-refractivity contribution in [2.24, 2.45) is 0 Å². The van der Waals surface area contributed by atoms with Gasteiger partial charge in [0.05, 0.1) is 12.5 Å². The van der Waals surface area contributed by atoms with Crippen LogP contribution in [0.2, 0.25) is 0 Å². The summed E-state index contributed by atoms with van der Waals surface area (Å²) < 4.78 is 45.8. The quantitative estimate of drug-likeness (QED) is 0.715. The molecule has 2 aromatic rings. The molecular formula is C13H10FN5O5S. The molecule has 1 saturated heterocycles. The number of carbonyl (C=O) groups excluding carboxylic acids is 1. The molecule has 1 fully saturated rings. The maximum atomic E-state index is 14.8. The molecule has 0 spiro atoms. The fraction of sp³-hybridized carbons (Fsp3) is 0.231. The van der Waals surface area contributed by atoms with Crippen LogP contribution in [0.5, 0.6) is 11.8 Å². The highest BCUT2D eigenvalue weighted by Gasteiger charge is 2.38. The molecule has 25 heavy (non-hydrogen) atoms. The number of hydrogen-bond acceptors (Lipinski definition) is 8. The standard InChI is InChI=1S/C13H10FN5O5S/c14-10-11-7(5-16-13(17-11)24-3-1-2-15)4-8(20)12(10)19-6-9(21)18-25(19,22)23/h4-5,20H,1,3,6H2,(H,18,21). The molecule has 3 rings (SSSR count). The first-order valence-corrected chi connectivity index (χ1v) is 8.29. The number of rotatable bonds is 4. The van der Waals surface area contributed by atoms with E-state index in [-0.39, 0.29) is 29.9 Å². The predicted octanol–water partition coefficient (Wildman–Crippen LogP) is -0.0520. The number of ether oxygens (including phenoxy) is 1. The zero-order chi connectivity index (χ0) is 18.2. The van der Waals surface area contributed by atoms with E-state index in [1.807, 2.05) is 6.07 Å². The molecule has 1 aliphatic rings. The number of halogens is 1. The second-order valence-electron chi connectivity index (χ2n) is 4.94. The third-order valence-electron chi connectivity index (χ3n) is 3.26. The molecule has 2 heterocycles. The Hall–Kier alpha value is -3.20. The minimum Gasteiger partial charge on any atom is -0.506 e. The Morgan fingerprint density at radius 1 is 1.52 bits per heavy atom. The van der Waals surface area contributed by atoms with Gasteiger partial charge in [-0.05, 0) is 6.07 Å². The SMILES string of the molecule is N#CCCOc1ncc2cc(O)c(N3CC(=O)NS3(=O)=O)c(F)c2n1. The highest BCUT2D eigenvalue weighted by atomic mass is 32.2. The van der Waals surface area contributed by atoms with Crippen molar-refractivity contribution in [3.05, 3.63) is 18.1 Å². The smallest absolute Gasteiger partial charge is 0.326 e. The van der Waals surface area contributed by atoms with E-state index in [0.717, 1.165) is 6.07 Å². The van der Waals surface area contributed by atoms with E-state index in [1.54, 1.807) is 4.72 Å². The van der Waals surface area contributed by atoms with E-state index in [0.29, 0.717) is 4.31 Å². The molecular weight excluding hydrogens is 357 g/mol. The fourth-order valence-corrected chi connectivity index (χ4v) is 3.40. The topological polar surface area (TPSA) is 146 Å². The van der Waals surface area contributed by atoms with Crippen LogP contribution in [0.25, 0.3) is 10.9 Å². The molecule has 10 nitrogen and oxygen atoms in total. The second kappa shape index (κ2) is 6.02. The summed E-state index contributed by atoms with van der Waals surface area (Å²) in [7, 11) is -4.31. The normalized spacial score (nSPS) is 15.8. The van der Waals surface area contributed by atoms with Gasteiger partial charge in [0.2, 0.25) is 0 Å². The summed E-state index contributed by atoms with van der Waals surface area (Å²) >= 11 is 0. The van der Waals surface area contributed by atoms with Crippen molar-refractivity contribution in [3.8, 4) is 17.8 Å². The van der Waals surface area contributed by atoms with Crippen LogP contribution in [0.15, 0.2) is 12.3 Å². The van der Waals surface area contributed by atoms with Gasteiger partial charge in [0, 0.05) is 11.6 Å². The van der Waals surface area contributed by atoms with Crippen LogP contribution in [0, 0.1) is 17.1 Å². The molecule has 1 aliphatic heterocycles. The van der Waals surface area contributed by atoms with Gasteiger partial charge < -0.3 is 9.84 Å². The number of nitriles is 1. The Balaban J connectivity index is 2.11. The van der Waals surface area contributed by atoms with Crippen molar-refractivity contribution in [2.45, 2.75) is 6.42 Å². The summed E-state index contributed by atoms with van der Waals surface area (Å²) in [4.78, 5) is 19.0. The van der Waals surface area contributed by atoms with Crippen molar-refractivity contribution >= 4 is 32.7 Å². The first kappa shape index (κ1) is 16.7. The number of nitrogens with zero attached hydrogens (tertiary/aromatic N) is 4. The number of carbonyl (C=O) groups is 1. The summed E-state index contributed by atoms with van der Waals surface area (Å²) in [6, 6.07) is 2.72. The lowest BCUT2D eigenvalue weighted by atomic mass is 10.2. The number of fused-ring (bicyclic) bond motifs is 1. The van der Waals surface area contributed by atoms with Gasteiger partial charge in [-0.25, -0.2) is 18.4 Å².